The zero-order valence-electron chi connectivity index (χ0n) is 9.75. The molecule has 92 valence electrons. The molecule has 1 aliphatic rings. The molecule has 1 amide bonds. The minimum absolute atomic E-state index is 0.187. The summed E-state index contributed by atoms with van der Waals surface area (Å²) < 4.78 is 13.6. The van der Waals surface area contributed by atoms with Crippen molar-refractivity contribution in [3.63, 3.8) is 0 Å². The Morgan fingerprint density at radius 1 is 1.53 bits per heavy atom. The lowest BCUT2D eigenvalue weighted by Crippen LogP contribution is -2.40. The van der Waals surface area contributed by atoms with Crippen LogP contribution >= 0.6 is 15.9 Å². The van der Waals surface area contributed by atoms with E-state index in [4.69, 9.17) is 0 Å². The van der Waals surface area contributed by atoms with Gasteiger partial charge in [0.05, 0.1) is 5.56 Å². The van der Waals surface area contributed by atoms with E-state index in [2.05, 4.69) is 15.9 Å². The lowest BCUT2D eigenvalue weighted by molar-refractivity contribution is 0.0725. The van der Waals surface area contributed by atoms with Gasteiger partial charge in [-0.2, -0.15) is 0 Å². The first-order chi connectivity index (χ1) is 8.08. The van der Waals surface area contributed by atoms with E-state index >= 15 is 0 Å². The predicted molar refractivity (Wildman–Crippen MR) is 69.0 cm³/mol. The number of rotatable bonds is 1. The molecule has 1 aromatic rings. The highest BCUT2D eigenvalue weighted by atomic mass is 79.9. The SMILES string of the molecule is Cc1ccc(F)c(C(=O)N2CCCC(Br)C2)c1. The molecule has 0 spiro atoms. The van der Waals surface area contributed by atoms with Crippen molar-refractivity contribution in [2.45, 2.75) is 24.6 Å². The van der Waals surface area contributed by atoms with E-state index < -0.39 is 5.82 Å². The van der Waals surface area contributed by atoms with Gasteiger partial charge in [0.25, 0.3) is 5.91 Å². The van der Waals surface area contributed by atoms with Gasteiger partial charge >= 0.3 is 0 Å². The van der Waals surface area contributed by atoms with Crippen molar-refractivity contribution >= 4 is 21.8 Å². The molecule has 2 nitrogen and oxygen atoms in total. The predicted octanol–water partition coefficient (Wildman–Crippen LogP) is 3.13. The molecule has 0 N–H and O–H groups in total. The maximum Gasteiger partial charge on any atom is 0.256 e. The number of aryl methyl sites for hydroxylation is 1. The number of carbonyl (C=O) groups excluding carboxylic acids is 1. The monoisotopic (exact) mass is 299 g/mol. The third-order valence-electron chi connectivity index (χ3n) is 3.00. The molecule has 0 aromatic heterocycles. The second-order valence-corrected chi connectivity index (χ2v) is 5.77. The first kappa shape index (κ1) is 12.6. The molecule has 1 fully saturated rings. The van der Waals surface area contributed by atoms with E-state index in [0.29, 0.717) is 17.9 Å². The molecule has 1 aliphatic heterocycles. The summed E-state index contributed by atoms with van der Waals surface area (Å²) in [6.07, 6.45) is 2.04. The highest BCUT2D eigenvalue weighted by molar-refractivity contribution is 9.09. The standard InChI is InChI=1S/C13H15BrFNO/c1-9-4-5-12(15)11(7-9)13(17)16-6-2-3-10(14)8-16/h4-5,7,10H,2-3,6,8H2,1H3. The molecular weight excluding hydrogens is 285 g/mol. The van der Waals surface area contributed by atoms with Crippen LogP contribution in [0.4, 0.5) is 4.39 Å². The molecule has 4 heteroatoms. The van der Waals surface area contributed by atoms with E-state index in [1.165, 1.54) is 6.07 Å². The Morgan fingerprint density at radius 3 is 3.00 bits per heavy atom. The lowest BCUT2D eigenvalue weighted by Gasteiger charge is -2.30. The van der Waals surface area contributed by atoms with Crippen molar-refractivity contribution in [1.29, 1.82) is 0 Å². The molecule has 1 saturated heterocycles. The zero-order valence-corrected chi connectivity index (χ0v) is 11.3. The van der Waals surface area contributed by atoms with Gasteiger partial charge in [0, 0.05) is 17.9 Å². The van der Waals surface area contributed by atoms with Crippen molar-refractivity contribution in [3.05, 3.63) is 35.1 Å². The number of hydrogen-bond acceptors (Lipinski definition) is 1. The zero-order chi connectivity index (χ0) is 12.4. The summed E-state index contributed by atoms with van der Waals surface area (Å²) >= 11 is 3.51. The van der Waals surface area contributed by atoms with E-state index in [1.807, 2.05) is 6.92 Å². The Balaban J connectivity index is 2.21. The number of benzene rings is 1. The number of piperidine rings is 1. The van der Waals surface area contributed by atoms with E-state index in [-0.39, 0.29) is 11.5 Å². The smallest absolute Gasteiger partial charge is 0.256 e. The summed E-state index contributed by atoms with van der Waals surface area (Å²) in [5.74, 6) is -0.632. The molecule has 0 radical (unpaired) electrons. The van der Waals surface area contributed by atoms with Crippen molar-refractivity contribution in [2.75, 3.05) is 13.1 Å². The van der Waals surface area contributed by atoms with Crippen LogP contribution in [0, 0.1) is 12.7 Å². The third-order valence-corrected chi connectivity index (χ3v) is 3.75. The van der Waals surface area contributed by atoms with Gasteiger partial charge in [0.2, 0.25) is 0 Å². The third kappa shape index (κ3) is 2.86. The minimum Gasteiger partial charge on any atom is -0.337 e. The number of nitrogens with zero attached hydrogens (tertiary/aromatic N) is 1. The quantitative estimate of drug-likeness (QED) is 0.730. The summed E-state index contributed by atoms with van der Waals surface area (Å²) in [4.78, 5) is 14.2. The summed E-state index contributed by atoms with van der Waals surface area (Å²) in [5.41, 5.74) is 1.09. The molecular formula is C13H15BrFNO. The summed E-state index contributed by atoms with van der Waals surface area (Å²) in [6, 6.07) is 4.66. The maximum atomic E-state index is 13.6. The highest BCUT2D eigenvalue weighted by Crippen LogP contribution is 2.20. The number of amides is 1. The summed E-state index contributed by atoms with van der Waals surface area (Å²) in [6.45, 7) is 3.24. The fraction of sp³-hybridized carbons (Fsp3) is 0.462. The lowest BCUT2D eigenvalue weighted by atomic mass is 10.1. The van der Waals surface area contributed by atoms with Crippen LogP contribution in [-0.4, -0.2) is 28.7 Å². The average molecular weight is 300 g/mol. The first-order valence-electron chi connectivity index (χ1n) is 5.77. The normalized spacial score (nSPS) is 20.4. The average Bonchev–Trinajstić information content (AvgIpc) is 2.31. The van der Waals surface area contributed by atoms with Crippen LogP contribution in [0.2, 0.25) is 0 Å². The van der Waals surface area contributed by atoms with Crippen molar-refractivity contribution in [3.8, 4) is 0 Å². The Hall–Kier alpha value is -0.900. The van der Waals surface area contributed by atoms with Crippen LogP contribution in [0.25, 0.3) is 0 Å². The minimum atomic E-state index is -0.433. The van der Waals surface area contributed by atoms with E-state index in [9.17, 15) is 9.18 Å². The first-order valence-corrected chi connectivity index (χ1v) is 6.69. The number of hydrogen-bond donors (Lipinski definition) is 0. The largest absolute Gasteiger partial charge is 0.337 e. The van der Waals surface area contributed by atoms with E-state index in [1.54, 1.807) is 17.0 Å². The summed E-state index contributed by atoms with van der Waals surface area (Å²) in [5, 5.41) is 0. The Labute approximate surface area is 109 Å². The molecule has 0 aliphatic carbocycles. The number of carbonyl (C=O) groups is 1. The van der Waals surface area contributed by atoms with Gasteiger partial charge in [0.1, 0.15) is 5.82 Å². The number of likely N-dealkylation sites (tertiary alicyclic amines) is 1. The van der Waals surface area contributed by atoms with Gasteiger partial charge in [0.15, 0.2) is 0 Å². The van der Waals surface area contributed by atoms with Crippen molar-refractivity contribution < 1.29 is 9.18 Å². The van der Waals surface area contributed by atoms with Crippen LogP contribution in [-0.2, 0) is 0 Å². The molecule has 1 aromatic carbocycles. The molecule has 2 rings (SSSR count). The molecule has 1 heterocycles. The highest BCUT2D eigenvalue weighted by Gasteiger charge is 2.24. The summed E-state index contributed by atoms with van der Waals surface area (Å²) in [7, 11) is 0. The van der Waals surface area contributed by atoms with Gasteiger partial charge < -0.3 is 4.90 Å². The number of halogens is 2. The van der Waals surface area contributed by atoms with Crippen molar-refractivity contribution in [1.82, 2.24) is 4.90 Å². The maximum absolute atomic E-state index is 13.6. The number of alkyl halides is 1. The van der Waals surface area contributed by atoms with Crippen LogP contribution < -0.4 is 0 Å². The van der Waals surface area contributed by atoms with Crippen LogP contribution in [0.5, 0.6) is 0 Å². The molecule has 1 atom stereocenters. The molecule has 0 saturated carbocycles. The fourth-order valence-corrected chi connectivity index (χ4v) is 2.76. The van der Waals surface area contributed by atoms with E-state index in [0.717, 1.165) is 18.4 Å². The van der Waals surface area contributed by atoms with Crippen LogP contribution in [0.1, 0.15) is 28.8 Å². The second kappa shape index (κ2) is 5.17. The Morgan fingerprint density at radius 2 is 2.29 bits per heavy atom. The molecule has 1 unspecified atom stereocenters. The topological polar surface area (TPSA) is 20.3 Å². The second-order valence-electron chi connectivity index (χ2n) is 4.47. The van der Waals surface area contributed by atoms with Gasteiger partial charge in [-0.15, -0.1) is 0 Å². The van der Waals surface area contributed by atoms with Gasteiger partial charge in [-0.3, -0.25) is 4.79 Å². The Kier molecular flexibility index (Phi) is 3.82. The fourth-order valence-electron chi connectivity index (χ4n) is 2.08. The molecule has 17 heavy (non-hydrogen) atoms. The van der Waals surface area contributed by atoms with Crippen molar-refractivity contribution in [2.24, 2.45) is 0 Å². The Bertz CT molecular complexity index is 435. The van der Waals surface area contributed by atoms with Gasteiger partial charge in [-0.05, 0) is 31.9 Å². The van der Waals surface area contributed by atoms with Crippen LogP contribution in [0.15, 0.2) is 18.2 Å². The van der Waals surface area contributed by atoms with Gasteiger partial charge in [-0.1, -0.05) is 27.6 Å². The van der Waals surface area contributed by atoms with Crippen LogP contribution in [0.3, 0.4) is 0 Å². The van der Waals surface area contributed by atoms with Gasteiger partial charge in [-0.25, -0.2) is 4.39 Å². The molecule has 0 bridgehead atoms.